The first-order valence-electron chi connectivity index (χ1n) is 6.29. The number of nitrogens with two attached hydrogens (primary N) is 1. The molecule has 3 rings (SSSR count). The van der Waals surface area contributed by atoms with Gasteiger partial charge in [0.1, 0.15) is 5.03 Å². The zero-order valence-electron chi connectivity index (χ0n) is 11.2. The molecule has 2 aromatic rings. The Kier molecular flexibility index (Phi) is 3.42. The Bertz CT molecular complexity index is 750. The Hall–Kier alpha value is -2.29. The van der Waals surface area contributed by atoms with E-state index in [2.05, 4.69) is 19.9 Å². The summed E-state index contributed by atoms with van der Waals surface area (Å²) < 4.78 is 6.26. The fraction of sp³-hybridized carbons (Fsp3) is 0.333. The summed E-state index contributed by atoms with van der Waals surface area (Å²) in [5.74, 6) is -0.529. The molecule has 1 aliphatic carbocycles. The number of hydrogen-bond donors (Lipinski definition) is 2. The largest absolute Gasteiger partial charge is 0.465 e. The first kappa shape index (κ1) is 13.7. The molecule has 1 aliphatic rings. The van der Waals surface area contributed by atoms with Crippen LogP contribution >= 0.6 is 11.8 Å². The maximum Gasteiger partial charge on any atom is 0.344 e. The fourth-order valence-corrected chi connectivity index (χ4v) is 2.85. The number of nitrogens with one attached hydrogen (secondary N) is 1. The summed E-state index contributed by atoms with van der Waals surface area (Å²) in [5, 5.41) is 7.31. The van der Waals surface area contributed by atoms with Crippen molar-refractivity contribution in [3.05, 3.63) is 28.3 Å². The van der Waals surface area contributed by atoms with E-state index in [4.69, 9.17) is 5.73 Å². The molecule has 110 valence electrons. The van der Waals surface area contributed by atoms with Crippen molar-refractivity contribution in [3.8, 4) is 0 Å². The first-order valence-corrected chi connectivity index (χ1v) is 7.11. The van der Waals surface area contributed by atoms with E-state index in [1.54, 1.807) is 4.57 Å². The summed E-state index contributed by atoms with van der Waals surface area (Å²) >= 11 is 1.15. The van der Waals surface area contributed by atoms with Gasteiger partial charge in [0.05, 0.1) is 18.4 Å². The van der Waals surface area contributed by atoms with Gasteiger partial charge < -0.3 is 10.5 Å². The number of anilines is 1. The molecule has 3 N–H and O–H groups in total. The van der Waals surface area contributed by atoms with Crippen LogP contribution in [-0.4, -0.2) is 32.8 Å². The van der Waals surface area contributed by atoms with Gasteiger partial charge in [-0.2, -0.15) is 0 Å². The van der Waals surface area contributed by atoms with Crippen molar-refractivity contribution < 1.29 is 9.53 Å². The molecule has 0 bridgehead atoms. The quantitative estimate of drug-likeness (QED) is 0.803. The van der Waals surface area contributed by atoms with Crippen LogP contribution in [0.4, 0.5) is 5.69 Å². The minimum atomic E-state index is -0.529. The van der Waals surface area contributed by atoms with Crippen LogP contribution in [0, 0.1) is 0 Å². The van der Waals surface area contributed by atoms with Crippen molar-refractivity contribution in [2.45, 2.75) is 29.1 Å². The third-order valence-corrected chi connectivity index (χ3v) is 4.12. The average Bonchev–Trinajstić information content (AvgIpc) is 3.25. The van der Waals surface area contributed by atoms with E-state index in [0.29, 0.717) is 10.2 Å². The highest BCUT2D eigenvalue weighted by atomic mass is 32.2. The standard InChI is InChI=1S/C12H13N5O3S/c1-20-10(18)7-4-5-14-9(8(7)13)21-12-16-15-11(19)17(12)6-2-3-6/h4-6H,2-3,13H2,1H3,(H,15,19). The smallest absolute Gasteiger partial charge is 0.344 e. The Balaban J connectivity index is 1.95. The van der Waals surface area contributed by atoms with Gasteiger partial charge in [-0.05, 0) is 30.7 Å². The SMILES string of the molecule is COC(=O)c1ccnc(Sc2n[nH]c(=O)n2C2CC2)c1N. The summed E-state index contributed by atoms with van der Waals surface area (Å²) in [6.07, 6.45) is 3.38. The lowest BCUT2D eigenvalue weighted by molar-refractivity contribution is 0.0601. The fourth-order valence-electron chi connectivity index (χ4n) is 1.93. The number of rotatable bonds is 4. The number of ether oxygens (including phenoxy) is 1. The first-order chi connectivity index (χ1) is 10.1. The maximum absolute atomic E-state index is 11.7. The van der Waals surface area contributed by atoms with Gasteiger partial charge in [-0.15, -0.1) is 5.10 Å². The van der Waals surface area contributed by atoms with Gasteiger partial charge in [0.2, 0.25) is 0 Å². The molecule has 2 heterocycles. The van der Waals surface area contributed by atoms with Gasteiger partial charge in [-0.3, -0.25) is 4.57 Å². The molecule has 21 heavy (non-hydrogen) atoms. The molecule has 0 spiro atoms. The van der Waals surface area contributed by atoms with E-state index in [1.165, 1.54) is 19.4 Å². The Morgan fingerprint density at radius 1 is 1.57 bits per heavy atom. The average molecular weight is 307 g/mol. The summed E-state index contributed by atoms with van der Waals surface area (Å²) in [6, 6.07) is 1.67. The number of carbonyl (C=O) groups excluding carboxylic acids is 1. The lowest BCUT2D eigenvalue weighted by atomic mass is 10.2. The molecule has 0 radical (unpaired) electrons. The zero-order chi connectivity index (χ0) is 15.0. The lowest BCUT2D eigenvalue weighted by Crippen LogP contribution is -2.16. The highest BCUT2D eigenvalue weighted by Crippen LogP contribution is 2.38. The van der Waals surface area contributed by atoms with Crippen LogP contribution in [-0.2, 0) is 4.74 Å². The van der Waals surface area contributed by atoms with Crippen LogP contribution in [0.3, 0.4) is 0 Å². The van der Waals surface area contributed by atoms with E-state index in [1.807, 2.05) is 0 Å². The molecule has 0 atom stereocenters. The topological polar surface area (TPSA) is 116 Å². The molecule has 9 heteroatoms. The Morgan fingerprint density at radius 3 is 3.00 bits per heavy atom. The van der Waals surface area contributed by atoms with Crippen molar-refractivity contribution in [2.24, 2.45) is 0 Å². The molecule has 0 unspecified atom stereocenters. The van der Waals surface area contributed by atoms with Crippen molar-refractivity contribution in [1.29, 1.82) is 0 Å². The minimum Gasteiger partial charge on any atom is -0.465 e. The number of pyridine rings is 1. The van der Waals surface area contributed by atoms with Crippen LogP contribution < -0.4 is 11.4 Å². The number of nitrogen functional groups attached to an aromatic ring is 1. The van der Waals surface area contributed by atoms with E-state index < -0.39 is 5.97 Å². The molecule has 1 fully saturated rings. The van der Waals surface area contributed by atoms with E-state index in [-0.39, 0.29) is 23.0 Å². The third kappa shape index (κ3) is 2.51. The van der Waals surface area contributed by atoms with E-state index >= 15 is 0 Å². The monoisotopic (exact) mass is 307 g/mol. The molecule has 0 aliphatic heterocycles. The van der Waals surface area contributed by atoms with Crippen LogP contribution in [0.1, 0.15) is 29.2 Å². The number of aromatic amines is 1. The van der Waals surface area contributed by atoms with Gasteiger partial charge in [0.25, 0.3) is 0 Å². The number of carbonyl (C=O) groups is 1. The van der Waals surface area contributed by atoms with Crippen molar-refractivity contribution >= 4 is 23.4 Å². The number of methoxy groups -OCH3 is 1. The van der Waals surface area contributed by atoms with Gasteiger partial charge in [-0.25, -0.2) is 19.7 Å². The van der Waals surface area contributed by atoms with Crippen molar-refractivity contribution in [3.63, 3.8) is 0 Å². The molecule has 0 saturated heterocycles. The summed E-state index contributed by atoms with van der Waals surface area (Å²) in [6.45, 7) is 0. The third-order valence-electron chi connectivity index (χ3n) is 3.13. The summed E-state index contributed by atoms with van der Waals surface area (Å²) in [7, 11) is 1.29. The Morgan fingerprint density at radius 2 is 2.33 bits per heavy atom. The van der Waals surface area contributed by atoms with Gasteiger partial charge in [0, 0.05) is 12.2 Å². The predicted octanol–water partition coefficient (Wildman–Crippen LogP) is 0.821. The van der Waals surface area contributed by atoms with Crippen LogP contribution in [0.5, 0.6) is 0 Å². The molecule has 8 nitrogen and oxygen atoms in total. The molecule has 2 aromatic heterocycles. The number of aromatic nitrogens is 4. The number of H-pyrrole nitrogens is 1. The second-order valence-corrected chi connectivity index (χ2v) is 5.54. The molecular formula is C12H13N5O3S. The highest BCUT2D eigenvalue weighted by Gasteiger charge is 2.29. The van der Waals surface area contributed by atoms with Gasteiger partial charge in [-0.1, -0.05) is 0 Å². The second-order valence-electron chi connectivity index (χ2n) is 4.58. The molecular weight excluding hydrogens is 294 g/mol. The Labute approximate surface area is 123 Å². The van der Waals surface area contributed by atoms with E-state index in [0.717, 1.165) is 24.6 Å². The van der Waals surface area contributed by atoms with E-state index in [9.17, 15) is 9.59 Å². The maximum atomic E-state index is 11.7. The van der Waals surface area contributed by atoms with Gasteiger partial charge in [0.15, 0.2) is 5.16 Å². The molecule has 0 aromatic carbocycles. The highest BCUT2D eigenvalue weighted by molar-refractivity contribution is 7.99. The number of esters is 1. The predicted molar refractivity (Wildman–Crippen MR) is 75.2 cm³/mol. The van der Waals surface area contributed by atoms with Crippen LogP contribution in [0.25, 0.3) is 0 Å². The van der Waals surface area contributed by atoms with Crippen LogP contribution in [0.15, 0.2) is 27.2 Å². The van der Waals surface area contributed by atoms with Crippen molar-refractivity contribution in [1.82, 2.24) is 19.7 Å². The zero-order valence-corrected chi connectivity index (χ0v) is 12.0. The lowest BCUT2D eigenvalue weighted by Gasteiger charge is -2.08. The molecule has 0 amide bonds. The minimum absolute atomic E-state index is 0.184. The number of nitrogens with zero attached hydrogens (tertiary/aromatic N) is 3. The van der Waals surface area contributed by atoms with Crippen LogP contribution in [0.2, 0.25) is 0 Å². The normalized spacial score (nSPS) is 14.1. The van der Waals surface area contributed by atoms with Gasteiger partial charge >= 0.3 is 11.7 Å². The summed E-state index contributed by atoms with van der Waals surface area (Å²) in [5.41, 5.74) is 6.16. The summed E-state index contributed by atoms with van der Waals surface area (Å²) in [4.78, 5) is 27.5. The van der Waals surface area contributed by atoms with Crippen molar-refractivity contribution in [2.75, 3.05) is 12.8 Å². The second kappa shape index (κ2) is 5.24. The molecule has 1 saturated carbocycles. The number of hydrogen-bond acceptors (Lipinski definition) is 7.